The zero-order chi connectivity index (χ0) is 7.40. The van der Waals surface area contributed by atoms with Gasteiger partial charge in [0.1, 0.15) is 0 Å². The standard InChI is InChI=1S/C7H15BrOSi/c1-2-7(8)10-6-4-3-5-9-10/h7,10H,2-6H2,1H3. The summed E-state index contributed by atoms with van der Waals surface area (Å²) >= 11 is 3.68. The van der Waals surface area contributed by atoms with Gasteiger partial charge in [-0.1, -0.05) is 29.3 Å². The Morgan fingerprint density at radius 1 is 1.60 bits per heavy atom. The maximum atomic E-state index is 5.72. The lowest BCUT2D eigenvalue weighted by atomic mass is 10.4. The fourth-order valence-corrected chi connectivity index (χ4v) is 4.99. The summed E-state index contributed by atoms with van der Waals surface area (Å²) in [5.41, 5.74) is 0. The van der Waals surface area contributed by atoms with Crippen LogP contribution < -0.4 is 0 Å². The van der Waals surface area contributed by atoms with Crippen LogP contribution in [0.4, 0.5) is 0 Å². The SMILES string of the molecule is CCC(Br)[SiH]1CCCCO1. The molecule has 1 fully saturated rings. The van der Waals surface area contributed by atoms with Gasteiger partial charge >= 0.3 is 0 Å². The van der Waals surface area contributed by atoms with Crippen molar-refractivity contribution in [1.29, 1.82) is 0 Å². The molecule has 0 bridgehead atoms. The smallest absolute Gasteiger partial charge is 0.190 e. The molecule has 0 aromatic heterocycles. The van der Waals surface area contributed by atoms with Crippen LogP contribution in [0, 0.1) is 0 Å². The molecule has 0 aromatic carbocycles. The van der Waals surface area contributed by atoms with E-state index in [1.165, 1.54) is 25.3 Å². The van der Waals surface area contributed by atoms with Gasteiger partial charge in [-0.25, -0.2) is 0 Å². The second-order valence-electron chi connectivity index (χ2n) is 2.83. The van der Waals surface area contributed by atoms with E-state index in [9.17, 15) is 0 Å². The number of halogens is 1. The van der Waals surface area contributed by atoms with Crippen molar-refractivity contribution < 1.29 is 4.43 Å². The molecule has 0 aliphatic carbocycles. The van der Waals surface area contributed by atoms with Gasteiger partial charge in [-0.3, -0.25) is 0 Å². The molecule has 0 radical (unpaired) electrons. The Kier molecular flexibility index (Phi) is 3.95. The van der Waals surface area contributed by atoms with Gasteiger partial charge in [-0.05, 0) is 18.9 Å². The van der Waals surface area contributed by atoms with Crippen LogP contribution in [0.25, 0.3) is 0 Å². The van der Waals surface area contributed by atoms with Crippen LogP contribution in [0.2, 0.25) is 6.04 Å². The van der Waals surface area contributed by atoms with Crippen molar-refractivity contribution in [3.05, 3.63) is 0 Å². The summed E-state index contributed by atoms with van der Waals surface area (Å²) in [6.45, 7) is 3.25. The summed E-state index contributed by atoms with van der Waals surface area (Å²) in [6.07, 6.45) is 3.92. The zero-order valence-electron chi connectivity index (χ0n) is 6.48. The van der Waals surface area contributed by atoms with Gasteiger partial charge in [0, 0.05) is 11.1 Å². The molecule has 0 saturated carbocycles. The summed E-state index contributed by atoms with van der Waals surface area (Å²) < 4.78 is 6.44. The molecule has 1 heterocycles. The molecule has 1 rings (SSSR count). The highest BCUT2D eigenvalue weighted by molar-refractivity contribution is 9.10. The summed E-state index contributed by atoms with van der Waals surface area (Å²) in [4.78, 5) is 0. The van der Waals surface area contributed by atoms with Gasteiger partial charge in [-0.2, -0.15) is 0 Å². The predicted molar refractivity (Wildman–Crippen MR) is 50.1 cm³/mol. The van der Waals surface area contributed by atoms with Gasteiger partial charge in [0.15, 0.2) is 9.04 Å². The maximum absolute atomic E-state index is 5.72. The van der Waals surface area contributed by atoms with E-state index < -0.39 is 9.04 Å². The maximum Gasteiger partial charge on any atom is 0.190 e. The van der Waals surface area contributed by atoms with E-state index in [-0.39, 0.29) is 0 Å². The highest BCUT2D eigenvalue weighted by atomic mass is 79.9. The van der Waals surface area contributed by atoms with Crippen molar-refractivity contribution in [3.63, 3.8) is 0 Å². The number of rotatable bonds is 2. The molecule has 1 aliphatic rings. The molecule has 0 aromatic rings. The van der Waals surface area contributed by atoms with Crippen LogP contribution in [-0.4, -0.2) is 20.1 Å². The number of hydrogen-bond donors (Lipinski definition) is 0. The van der Waals surface area contributed by atoms with E-state index in [4.69, 9.17) is 4.43 Å². The first-order valence-electron chi connectivity index (χ1n) is 4.10. The number of alkyl halides is 1. The Bertz CT molecular complexity index is 93.6. The first-order chi connectivity index (χ1) is 4.84. The topological polar surface area (TPSA) is 9.23 Å². The average Bonchev–Trinajstić information content (AvgIpc) is 2.05. The lowest BCUT2D eigenvalue weighted by Crippen LogP contribution is -2.32. The molecule has 10 heavy (non-hydrogen) atoms. The van der Waals surface area contributed by atoms with E-state index >= 15 is 0 Å². The van der Waals surface area contributed by atoms with Gasteiger partial charge in [0.2, 0.25) is 0 Å². The predicted octanol–water partition coefficient (Wildman–Crippen LogP) is 2.23. The molecule has 0 amide bonds. The Labute approximate surface area is 73.0 Å². The van der Waals surface area contributed by atoms with Crippen LogP contribution in [0.1, 0.15) is 26.2 Å². The highest BCUT2D eigenvalue weighted by Gasteiger charge is 2.22. The van der Waals surface area contributed by atoms with Crippen molar-refractivity contribution in [1.82, 2.24) is 0 Å². The minimum Gasteiger partial charge on any atom is -0.419 e. The van der Waals surface area contributed by atoms with Crippen LogP contribution in [-0.2, 0) is 4.43 Å². The van der Waals surface area contributed by atoms with Gasteiger partial charge in [0.05, 0.1) is 0 Å². The van der Waals surface area contributed by atoms with Crippen molar-refractivity contribution >= 4 is 25.0 Å². The van der Waals surface area contributed by atoms with Crippen LogP contribution in [0.15, 0.2) is 0 Å². The Balaban J connectivity index is 2.24. The Hall–Kier alpha value is 0.657. The summed E-state index contributed by atoms with van der Waals surface area (Å²) in [7, 11) is -0.804. The summed E-state index contributed by atoms with van der Waals surface area (Å²) in [5, 5.41) is 0. The molecular weight excluding hydrogens is 208 g/mol. The normalized spacial score (nSPS) is 30.0. The molecule has 1 nitrogen and oxygen atoms in total. The van der Waals surface area contributed by atoms with Crippen LogP contribution in [0.5, 0.6) is 0 Å². The minimum absolute atomic E-state index is 0.716. The lowest BCUT2D eigenvalue weighted by Gasteiger charge is -2.24. The average molecular weight is 223 g/mol. The molecule has 3 heteroatoms. The zero-order valence-corrected chi connectivity index (χ0v) is 9.22. The van der Waals surface area contributed by atoms with Crippen molar-refractivity contribution in [2.45, 2.75) is 36.7 Å². The third-order valence-corrected chi connectivity index (χ3v) is 7.34. The fourth-order valence-electron chi connectivity index (χ4n) is 1.31. The molecule has 1 saturated heterocycles. The highest BCUT2D eigenvalue weighted by Crippen LogP contribution is 2.19. The van der Waals surface area contributed by atoms with E-state index in [2.05, 4.69) is 22.9 Å². The van der Waals surface area contributed by atoms with Gasteiger partial charge in [-0.15, -0.1) is 0 Å². The fraction of sp³-hybridized carbons (Fsp3) is 1.00. The molecule has 0 N–H and O–H groups in total. The van der Waals surface area contributed by atoms with Crippen molar-refractivity contribution in [2.24, 2.45) is 0 Å². The molecule has 2 atom stereocenters. The summed E-state index contributed by atoms with van der Waals surface area (Å²) in [5.74, 6) is 0. The molecule has 60 valence electrons. The minimum atomic E-state index is -0.804. The van der Waals surface area contributed by atoms with E-state index in [0.29, 0.717) is 4.45 Å². The molecule has 1 aliphatic heterocycles. The van der Waals surface area contributed by atoms with Crippen LogP contribution in [0.3, 0.4) is 0 Å². The quantitative estimate of drug-likeness (QED) is 0.515. The lowest BCUT2D eigenvalue weighted by molar-refractivity contribution is 0.285. The van der Waals surface area contributed by atoms with Gasteiger partial charge in [0.25, 0.3) is 0 Å². The molecule has 2 unspecified atom stereocenters. The van der Waals surface area contributed by atoms with E-state index in [1.54, 1.807) is 0 Å². The first kappa shape index (κ1) is 8.75. The largest absolute Gasteiger partial charge is 0.419 e. The molecule has 0 spiro atoms. The van der Waals surface area contributed by atoms with Crippen molar-refractivity contribution in [2.75, 3.05) is 6.61 Å². The van der Waals surface area contributed by atoms with Crippen molar-refractivity contribution in [3.8, 4) is 0 Å². The second-order valence-corrected chi connectivity index (χ2v) is 7.77. The third kappa shape index (κ3) is 2.36. The second kappa shape index (κ2) is 4.52. The van der Waals surface area contributed by atoms with E-state index in [0.717, 1.165) is 6.61 Å². The van der Waals surface area contributed by atoms with Gasteiger partial charge < -0.3 is 4.43 Å². The van der Waals surface area contributed by atoms with E-state index in [1.807, 2.05) is 0 Å². The van der Waals surface area contributed by atoms with Crippen LogP contribution >= 0.6 is 15.9 Å². The first-order valence-corrected chi connectivity index (χ1v) is 6.97. The third-order valence-electron chi connectivity index (χ3n) is 2.01. The monoisotopic (exact) mass is 222 g/mol. The Morgan fingerprint density at radius 2 is 2.40 bits per heavy atom. The number of hydrogen-bond acceptors (Lipinski definition) is 1. The summed E-state index contributed by atoms with van der Waals surface area (Å²) in [6, 6.07) is 1.38. The molecular formula is C7H15BrOSi. The Morgan fingerprint density at radius 3 is 2.90 bits per heavy atom.